The molecule has 2 aromatic heterocycles. The van der Waals surface area contributed by atoms with Crippen molar-refractivity contribution in [2.45, 2.75) is 19.8 Å². The molecule has 34 heavy (non-hydrogen) atoms. The molecule has 0 bridgehead atoms. The first-order valence-electron chi connectivity index (χ1n) is 11.0. The zero-order valence-electron chi connectivity index (χ0n) is 18.7. The van der Waals surface area contributed by atoms with E-state index in [2.05, 4.69) is 19.9 Å². The molecule has 0 N–H and O–H groups in total. The van der Waals surface area contributed by atoms with Crippen LogP contribution in [0.5, 0.6) is 0 Å². The van der Waals surface area contributed by atoms with Gasteiger partial charge in [0.05, 0.1) is 0 Å². The second kappa shape index (κ2) is 9.30. The van der Waals surface area contributed by atoms with Crippen LogP contribution < -0.4 is 10.9 Å². The number of rotatable bonds is 1. The molecule has 6 rings (SSSR count). The summed E-state index contributed by atoms with van der Waals surface area (Å²) < 4.78 is 4.15. The Kier molecular flexibility index (Phi) is 6.22. The lowest BCUT2D eigenvalue weighted by Crippen LogP contribution is -2.05. The molecule has 0 saturated heterocycles. The van der Waals surface area contributed by atoms with Crippen LogP contribution in [0.1, 0.15) is 25.3 Å². The largest absolute Gasteiger partial charge is 0.289 e. The number of fused-ring (bicyclic) bond motifs is 4. The van der Waals surface area contributed by atoms with Gasteiger partial charge in [-0.25, -0.2) is 0 Å². The summed E-state index contributed by atoms with van der Waals surface area (Å²) in [6, 6.07) is 27.1. The van der Waals surface area contributed by atoms with E-state index in [4.69, 9.17) is 11.6 Å². The van der Waals surface area contributed by atoms with Crippen molar-refractivity contribution in [3.8, 4) is 0 Å². The molecule has 0 amide bonds. The standard InChI is InChI=1S/C16H14OS.C13H7ClOS/c1-10(2)11-7-5-9-14-15(11)16(17)12-6-3-4-8-13(12)18-14;14-8-5-6-12-10(7-8)13(15)9-3-1-2-4-11(9)16-12/h3-10H,1-2H3;1-7H. The maximum atomic E-state index is 12.6. The molecule has 6 aromatic rings. The fourth-order valence-corrected chi connectivity index (χ4v) is 6.47. The third kappa shape index (κ3) is 4.14. The topological polar surface area (TPSA) is 34.1 Å². The van der Waals surface area contributed by atoms with Crippen LogP contribution in [0.4, 0.5) is 0 Å². The molecule has 0 unspecified atom stereocenters. The average molecular weight is 501 g/mol. The van der Waals surface area contributed by atoms with E-state index < -0.39 is 0 Å². The first kappa shape index (κ1) is 22.7. The van der Waals surface area contributed by atoms with Gasteiger partial charge in [0.2, 0.25) is 0 Å². The van der Waals surface area contributed by atoms with E-state index in [-0.39, 0.29) is 10.9 Å². The lowest BCUT2D eigenvalue weighted by Gasteiger charge is -2.09. The molecule has 2 heterocycles. The van der Waals surface area contributed by atoms with E-state index >= 15 is 0 Å². The van der Waals surface area contributed by atoms with Gasteiger partial charge in [-0.05, 0) is 60.0 Å². The van der Waals surface area contributed by atoms with Crippen LogP contribution in [-0.2, 0) is 0 Å². The normalized spacial score (nSPS) is 11.3. The van der Waals surface area contributed by atoms with E-state index in [1.807, 2.05) is 72.8 Å². The van der Waals surface area contributed by atoms with Crippen LogP contribution in [0, 0.1) is 0 Å². The van der Waals surface area contributed by atoms with Crippen molar-refractivity contribution >= 4 is 74.6 Å². The smallest absolute Gasteiger partial charge is 0.196 e. The van der Waals surface area contributed by atoms with Gasteiger partial charge >= 0.3 is 0 Å². The van der Waals surface area contributed by atoms with Crippen molar-refractivity contribution in [3.05, 3.63) is 116 Å². The Morgan fingerprint density at radius 2 is 1.18 bits per heavy atom. The van der Waals surface area contributed by atoms with Gasteiger partial charge in [0.1, 0.15) is 0 Å². The summed E-state index contributed by atoms with van der Waals surface area (Å²) in [5.41, 5.74) is 1.38. The second-order valence-corrected chi connectivity index (χ2v) is 11.0. The Morgan fingerprint density at radius 1 is 0.618 bits per heavy atom. The molecule has 5 heteroatoms. The van der Waals surface area contributed by atoms with E-state index in [0.29, 0.717) is 16.3 Å². The Labute approximate surface area is 209 Å². The first-order valence-corrected chi connectivity index (χ1v) is 13.0. The van der Waals surface area contributed by atoms with Crippen LogP contribution in [0.3, 0.4) is 0 Å². The van der Waals surface area contributed by atoms with E-state index in [0.717, 1.165) is 40.5 Å². The number of halogens is 1. The van der Waals surface area contributed by atoms with Crippen molar-refractivity contribution in [1.82, 2.24) is 0 Å². The third-order valence-corrected chi connectivity index (χ3v) is 8.32. The molecule has 0 radical (unpaired) electrons. The molecule has 0 saturated carbocycles. The molecule has 0 fully saturated rings. The van der Waals surface area contributed by atoms with Crippen LogP contribution in [-0.4, -0.2) is 0 Å². The molecule has 0 atom stereocenters. The van der Waals surface area contributed by atoms with Crippen molar-refractivity contribution in [2.24, 2.45) is 0 Å². The fraction of sp³-hybridized carbons (Fsp3) is 0.103. The van der Waals surface area contributed by atoms with Gasteiger partial charge in [0.15, 0.2) is 10.9 Å². The SMILES string of the molecule is CC(C)c1cccc2sc3ccccc3c(=O)c12.O=c1c2ccccc2sc2ccc(Cl)cc12. The van der Waals surface area contributed by atoms with Gasteiger partial charge in [-0.3, -0.25) is 9.59 Å². The van der Waals surface area contributed by atoms with Crippen LogP contribution in [0.2, 0.25) is 5.02 Å². The van der Waals surface area contributed by atoms with Crippen molar-refractivity contribution in [3.63, 3.8) is 0 Å². The summed E-state index contributed by atoms with van der Waals surface area (Å²) in [5, 5.41) is 3.81. The molecular weight excluding hydrogens is 480 g/mol. The van der Waals surface area contributed by atoms with Gasteiger partial charge in [-0.1, -0.05) is 61.8 Å². The molecule has 168 valence electrons. The van der Waals surface area contributed by atoms with Crippen LogP contribution in [0.25, 0.3) is 40.3 Å². The zero-order chi connectivity index (χ0) is 23.8. The average Bonchev–Trinajstić information content (AvgIpc) is 2.85. The summed E-state index contributed by atoms with van der Waals surface area (Å²) in [7, 11) is 0. The van der Waals surface area contributed by atoms with Crippen molar-refractivity contribution < 1.29 is 0 Å². The third-order valence-electron chi connectivity index (χ3n) is 5.80. The Balaban J connectivity index is 0.000000142. The minimum atomic E-state index is 0.0619. The van der Waals surface area contributed by atoms with Gasteiger partial charge in [0.25, 0.3) is 0 Å². The molecule has 0 aliphatic rings. The summed E-state index contributed by atoms with van der Waals surface area (Å²) in [6.07, 6.45) is 0. The van der Waals surface area contributed by atoms with Gasteiger partial charge in [0, 0.05) is 45.4 Å². The Bertz CT molecular complexity index is 1800. The van der Waals surface area contributed by atoms with E-state index in [9.17, 15) is 9.59 Å². The summed E-state index contributed by atoms with van der Waals surface area (Å²) in [4.78, 5) is 24.8. The predicted octanol–water partition coefficient (Wildman–Crippen LogP) is 8.61. The highest BCUT2D eigenvalue weighted by Gasteiger charge is 2.11. The highest BCUT2D eigenvalue weighted by atomic mass is 35.5. The quantitative estimate of drug-likeness (QED) is 0.212. The van der Waals surface area contributed by atoms with Gasteiger partial charge in [-0.2, -0.15) is 0 Å². The molecule has 0 aliphatic heterocycles. The lowest BCUT2D eigenvalue weighted by atomic mass is 9.98. The summed E-state index contributed by atoms with van der Waals surface area (Å²) in [6.45, 7) is 4.27. The molecule has 0 spiro atoms. The van der Waals surface area contributed by atoms with E-state index in [1.54, 1.807) is 28.7 Å². The molecular formula is C29H21ClO2S2. The summed E-state index contributed by atoms with van der Waals surface area (Å²) in [5.74, 6) is 0.370. The van der Waals surface area contributed by atoms with Crippen molar-refractivity contribution in [2.75, 3.05) is 0 Å². The first-order chi connectivity index (χ1) is 16.4. The minimum Gasteiger partial charge on any atom is -0.289 e. The van der Waals surface area contributed by atoms with Crippen LogP contribution in [0.15, 0.2) is 94.5 Å². The number of hydrogen-bond donors (Lipinski definition) is 0. The molecule has 4 aromatic carbocycles. The predicted molar refractivity (Wildman–Crippen MR) is 150 cm³/mol. The van der Waals surface area contributed by atoms with Gasteiger partial charge in [-0.15, -0.1) is 22.7 Å². The second-order valence-electron chi connectivity index (χ2n) is 8.37. The maximum Gasteiger partial charge on any atom is 0.196 e. The fourth-order valence-electron chi connectivity index (χ4n) is 4.13. The number of benzene rings is 4. The summed E-state index contributed by atoms with van der Waals surface area (Å²) >= 11 is 9.22. The Morgan fingerprint density at radius 3 is 1.85 bits per heavy atom. The van der Waals surface area contributed by atoms with Crippen molar-refractivity contribution in [1.29, 1.82) is 0 Å². The van der Waals surface area contributed by atoms with Gasteiger partial charge < -0.3 is 0 Å². The van der Waals surface area contributed by atoms with E-state index in [1.165, 1.54) is 0 Å². The highest BCUT2D eigenvalue weighted by molar-refractivity contribution is 7.25. The van der Waals surface area contributed by atoms with Crippen LogP contribution >= 0.6 is 34.3 Å². The molecule has 2 nitrogen and oxygen atoms in total. The number of hydrogen-bond acceptors (Lipinski definition) is 4. The maximum absolute atomic E-state index is 12.6. The zero-order valence-corrected chi connectivity index (χ0v) is 21.1. The lowest BCUT2D eigenvalue weighted by molar-refractivity contribution is 0.876. The highest BCUT2D eigenvalue weighted by Crippen LogP contribution is 2.29. The minimum absolute atomic E-state index is 0.0619. The Hall–Kier alpha value is -3.05. The molecule has 0 aliphatic carbocycles. The monoisotopic (exact) mass is 500 g/mol.